The first-order valence-corrected chi connectivity index (χ1v) is 6.44. The average molecular weight is 248 g/mol. The summed E-state index contributed by atoms with van der Waals surface area (Å²) in [7, 11) is 0. The van der Waals surface area contributed by atoms with Crippen LogP contribution in [0.2, 0.25) is 0 Å². The van der Waals surface area contributed by atoms with Crippen LogP contribution in [0.1, 0.15) is 39.2 Å². The second kappa shape index (κ2) is 6.01. The van der Waals surface area contributed by atoms with Crippen molar-refractivity contribution < 1.29 is 4.79 Å². The smallest absolute Gasteiger partial charge is 0.239 e. The number of nitrogens with two attached hydrogens (primary N) is 1. The molecule has 1 aromatic rings. The molecule has 1 amide bonds. The Balaban J connectivity index is 2.69. The highest BCUT2D eigenvalue weighted by molar-refractivity contribution is 5.85. The van der Waals surface area contributed by atoms with Crippen molar-refractivity contribution in [1.29, 1.82) is 0 Å². The predicted molar refractivity (Wildman–Crippen MR) is 75.3 cm³/mol. The number of hydrogen-bond acceptors (Lipinski definition) is 2. The molecule has 3 N–H and O–H groups in total. The third-order valence-electron chi connectivity index (χ3n) is 3.10. The minimum Gasteiger partial charge on any atom is -0.354 e. The van der Waals surface area contributed by atoms with E-state index in [1.54, 1.807) is 13.8 Å². The molecule has 1 unspecified atom stereocenters. The molecule has 1 aromatic carbocycles. The van der Waals surface area contributed by atoms with Gasteiger partial charge in [0.15, 0.2) is 0 Å². The Labute approximate surface area is 110 Å². The van der Waals surface area contributed by atoms with Gasteiger partial charge in [-0.15, -0.1) is 0 Å². The normalized spacial score (nSPS) is 13.4. The zero-order chi connectivity index (χ0) is 13.8. The summed E-state index contributed by atoms with van der Waals surface area (Å²) >= 11 is 0. The Morgan fingerprint density at radius 2 is 1.83 bits per heavy atom. The van der Waals surface area contributed by atoms with Gasteiger partial charge in [-0.2, -0.15) is 0 Å². The van der Waals surface area contributed by atoms with E-state index in [0.29, 0.717) is 18.4 Å². The Hall–Kier alpha value is -1.35. The maximum atomic E-state index is 11.8. The standard InChI is InChI=1S/C15H24N2O/c1-11(2)13(12-8-6-5-7-9-12)10-17-14(18)15(3,4)16/h5-9,11,13H,10,16H2,1-4H3,(H,17,18). The van der Waals surface area contributed by atoms with Crippen molar-refractivity contribution in [1.82, 2.24) is 5.32 Å². The zero-order valence-corrected chi connectivity index (χ0v) is 11.7. The van der Waals surface area contributed by atoms with E-state index >= 15 is 0 Å². The lowest BCUT2D eigenvalue weighted by atomic mass is 9.88. The molecule has 0 saturated heterocycles. The highest BCUT2D eigenvalue weighted by Gasteiger charge is 2.23. The molecule has 0 fully saturated rings. The summed E-state index contributed by atoms with van der Waals surface area (Å²) in [5.74, 6) is 0.676. The lowest BCUT2D eigenvalue weighted by molar-refractivity contribution is -0.125. The SMILES string of the molecule is CC(C)C(CNC(=O)C(C)(C)N)c1ccccc1. The number of carbonyl (C=O) groups excluding carboxylic acids is 1. The number of amides is 1. The van der Waals surface area contributed by atoms with Crippen LogP contribution in [-0.4, -0.2) is 18.0 Å². The fourth-order valence-corrected chi connectivity index (χ4v) is 1.87. The maximum Gasteiger partial charge on any atom is 0.239 e. The van der Waals surface area contributed by atoms with Crippen molar-refractivity contribution in [2.24, 2.45) is 11.7 Å². The van der Waals surface area contributed by atoms with Crippen molar-refractivity contribution in [2.75, 3.05) is 6.54 Å². The first-order valence-electron chi connectivity index (χ1n) is 6.44. The van der Waals surface area contributed by atoms with Crippen LogP contribution in [0, 0.1) is 5.92 Å². The van der Waals surface area contributed by atoms with Crippen LogP contribution in [0.15, 0.2) is 30.3 Å². The molecule has 0 radical (unpaired) electrons. The highest BCUT2D eigenvalue weighted by Crippen LogP contribution is 2.23. The van der Waals surface area contributed by atoms with Gasteiger partial charge < -0.3 is 11.1 Å². The third-order valence-corrected chi connectivity index (χ3v) is 3.10. The van der Waals surface area contributed by atoms with Crippen molar-refractivity contribution in [3.63, 3.8) is 0 Å². The van der Waals surface area contributed by atoms with E-state index in [1.165, 1.54) is 5.56 Å². The molecule has 0 aliphatic rings. The topological polar surface area (TPSA) is 55.1 Å². The number of carbonyl (C=O) groups is 1. The number of rotatable bonds is 5. The molecular weight excluding hydrogens is 224 g/mol. The van der Waals surface area contributed by atoms with Crippen LogP contribution < -0.4 is 11.1 Å². The summed E-state index contributed by atoms with van der Waals surface area (Å²) < 4.78 is 0. The number of nitrogens with one attached hydrogen (secondary N) is 1. The molecular formula is C15H24N2O. The van der Waals surface area contributed by atoms with E-state index in [1.807, 2.05) is 18.2 Å². The second-order valence-electron chi connectivity index (χ2n) is 5.69. The molecule has 18 heavy (non-hydrogen) atoms. The molecule has 3 heteroatoms. The van der Waals surface area contributed by atoms with Crippen LogP contribution in [0.3, 0.4) is 0 Å². The maximum absolute atomic E-state index is 11.8. The molecule has 0 bridgehead atoms. The van der Waals surface area contributed by atoms with Crippen LogP contribution >= 0.6 is 0 Å². The lowest BCUT2D eigenvalue weighted by Crippen LogP contribution is -2.50. The summed E-state index contributed by atoms with van der Waals surface area (Å²) in [6, 6.07) is 10.3. The summed E-state index contributed by atoms with van der Waals surface area (Å²) in [5.41, 5.74) is 6.20. The van der Waals surface area contributed by atoms with Gasteiger partial charge in [0.25, 0.3) is 0 Å². The minimum absolute atomic E-state index is 0.107. The van der Waals surface area contributed by atoms with Gasteiger partial charge in [-0.05, 0) is 25.3 Å². The monoisotopic (exact) mass is 248 g/mol. The van der Waals surface area contributed by atoms with Gasteiger partial charge in [0.1, 0.15) is 0 Å². The van der Waals surface area contributed by atoms with Crippen molar-refractivity contribution in [2.45, 2.75) is 39.2 Å². The quantitative estimate of drug-likeness (QED) is 0.840. The van der Waals surface area contributed by atoms with Crippen LogP contribution in [0.25, 0.3) is 0 Å². The number of hydrogen-bond donors (Lipinski definition) is 2. The minimum atomic E-state index is -0.821. The predicted octanol–water partition coefficient (Wildman–Crippen LogP) is 2.28. The van der Waals surface area contributed by atoms with Gasteiger partial charge >= 0.3 is 0 Å². The third kappa shape index (κ3) is 4.15. The fraction of sp³-hybridized carbons (Fsp3) is 0.533. The molecule has 1 rings (SSSR count). The van der Waals surface area contributed by atoms with Crippen molar-refractivity contribution in [3.8, 4) is 0 Å². The Morgan fingerprint density at radius 1 is 1.28 bits per heavy atom. The molecule has 100 valence electrons. The second-order valence-corrected chi connectivity index (χ2v) is 5.69. The van der Waals surface area contributed by atoms with Crippen LogP contribution in [0.5, 0.6) is 0 Å². The van der Waals surface area contributed by atoms with Crippen molar-refractivity contribution >= 4 is 5.91 Å². The largest absolute Gasteiger partial charge is 0.354 e. The summed E-state index contributed by atoms with van der Waals surface area (Å²) in [5, 5.41) is 2.94. The molecule has 1 atom stereocenters. The number of benzene rings is 1. The van der Waals surface area contributed by atoms with E-state index in [2.05, 4.69) is 31.3 Å². The van der Waals surface area contributed by atoms with Gasteiger partial charge in [-0.25, -0.2) is 0 Å². The lowest BCUT2D eigenvalue weighted by Gasteiger charge is -2.24. The van der Waals surface area contributed by atoms with Gasteiger partial charge in [0.05, 0.1) is 5.54 Å². The highest BCUT2D eigenvalue weighted by atomic mass is 16.2. The fourth-order valence-electron chi connectivity index (χ4n) is 1.87. The van der Waals surface area contributed by atoms with Crippen LogP contribution in [0.4, 0.5) is 0 Å². The molecule has 0 spiro atoms. The summed E-state index contributed by atoms with van der Waals surface area (Å²) in [4.78, 5) is 11.8. The summed E-state index contributed by atoms with van der Waals surface area (Å²) in [6.07, 6.45) is 0. The van der Waals surface area contributed by atoms with Gasteiger partial charge in [0.2, 0.25) is 5.91 Å². The molecule has 0 aliphatic heterocycles. The first kappa shape index (κ1) is 14.7. The van der Waals surface area contributed by atoms with Gasteiger partial charge in [-0.1, -0.05) is 44.2 Å². The molecule has 0 aromatic heterocycles. The van der Waals surface area contributed by atoms with E-state index in [9.17, 15) is 4.79 Å². The van der Waals surface area contributed by atoms with E-state index < -0.39 is 5.54 Å². The molecule has 3 nitrogen and oxygen atoms in total. The van der Waals surface area contributed by atoms with Gasteiger partial charge in [-0.3, -0.25) is 4.79 Å². The Morgan fingerprint density at radius 3 is 2.28 bits per heavy atom. The van der Waals surface area contributed by atoms with Gasteiger partial charge in [0, 0.05) is 12.5 Å². The average Bonchev–Trinajstić information content (AvgIpc) is 2.28. The molecule has 0 saturated carbocycles. The van der Waals surface area contributed by atoms with E-state index in [0.717, 1.165) is 0 Å². The first-order chi connectivity index (χ1) is 8.32. The van der Waals surface area contributed by atoms with E-state index in [4.69, 9.17) is 5.73 Å². The van der Waals surface area contributed by atoms with Crippen LogP contribution in [-0.2, 0) is 4.79 Å². The Kier molecular flexibility index (Phi) is 4.91. The zero-order valence-electron chi connectivity index (χ0n) is 11.7. The summed E-state index contributed by atoms with van der Waals surface area (Å²) in [6.45, 7) is 8.39. The molecule has 0 heterocycles. The molecule has 0 aliphatic carbocycles. The van der Waals surface area contributed by atoms with Crippen molar-refractivity contribution in [3.05, 3.63) is 35.9 Å². The Bertz CT molecular complexity index is 379. The van der Waals surface area contributed by atoms with E-state index in [-0.39, 0.29) is 5.91 Å².